The fourth-order valence-corrected chi connectivity index (χ4v) is 4.52. The van der Waals surface area contributed by atoms with Crippen molar-refractivity contribution < 1.29 is 9.84 Å². The highest BCUT2D eigenvalue weighted by molar-refractivity contribution is 7.09. The van der Waals surface area contributed by atoms with Crippen molar-refractivity contribution in [1.82, 2.24) is 4.57 Å². The van der Waals surface area contributed by atoms with E-state index in [0.29, 0.717) is 31.1 Å². The molecule has 1 aliphatic carbocycles. The predicted molar refractivity (Wildman–Crippen MR) is 83.9 cm³/mol. The maximum atomic E-state index is 12.4. The van der Waals surface area contributed by atoms with Gasteiger partial charge in [0.2, 0.25) is 0 Å². The van der Waals surface area contributed by atoms with Gasteiger partial charge in [-0.25, -0.2) is 0 Å². The predicted octanol–water partition coefficient (Wildman–Crippen LogP) is 2.07. The van der Waals surface area contributed by atoms with Gasteiger partial charge in [-0.3, -0.25) is 4.79 Å². The minimum absolute atomic E-state index is 0.0919. The number of aliphatic hydroxyl groups is 1. The van der Waals surface area contributed by atoms with Crippen LogP contribution in [0, 0.1) is 16.7 Å². The van der Waals surface area contributed by atoms with Gasteiger partial charge in [0.1, 0.15) is 0 Å². The average Bonchev–Trinajstić information content (AvgIpc) is 2.67. The fourth-order valence-electron chi connectivity index (χ4n) is 3.41. The number of aromatic nitrogens is 1. The van der Waals surface area contributed by atoms with Crippen LogP contribution in [0.25, 0.3) is 0 Å². The molecule has 0 spiro atoms. The van der Waals surface area contributed by atoms with E-state index in [0.717, 1.165) is 19.3 Å². The number of thiazole rings is 1. The van der Waals surface area contributed by atoms with Crippen LogP contribution in [-0.2, 0) is 24.1 Å². The second-order valence-corrected chi connectivity index (χ2v) is 8.83. The molecule has 2 aliphatic rings. The van der Waals surface area contributed by atoms with Gasteiger partial charge in [0.15, 0.2) is 0 Å². The SMILES string of the molecule is CC(C)(C)C1CCc2c(sc(=O)n2CC2(CO)COC2)C1. The molecule has 21 heavy (non-hydrogen) atoms. The Morgan fingerprint density at radius 1 is 1.43 bits per heavy atom. The van der Waals surface area contributed by atoms with Crippen molar-refractivity contribution in [3.8, 4) is 0 Å². The Balaban J connectivity index is 1.86. The standard InChI is InChI=1S/C16H25NO3S/c1-15(2,3)11-4-5-12-13(6-11)21-14(19)17(12)7-16(8-18)9-20-10-16/h11,18H,4-10H2,1-3H3. The molecule has 2 heterocycles. The maximum Gasteiger partial charge on any atom is 0.307 e. The summed E-state index contributed by atoms with van der Waals surface area (Å²) in [5.41, 5.74) is 1.27. The normalized spacial score (nSPS) is 24.5. The lowest BCUT2D eigenvalue weighted by Gasteiger charge is -2.40. The molecule has 3 rings (SSSR count). The summed E-state index contributed by atoms with van der Waals surface area (Å²) in [6.45, 7) is 8.68. The highest BCUT2D eigenvalue weighted by Crippen LogP contribution is 2.39. The zero-order valence-electron chi connectivity index (χ0n) is 13.1. The lowest BCUT2D eigenvalue weighted by atomic mass is 9.73. The minimum Gasteiger partial charge on any atom is -0.396 e. The van der Waals surface area contributed by atoms with E-state index in [-0.39, 0.29) is 16.9 Å². The van der Waals surface area contributed by atoms with Crippen molar-refractivity contribution in [2.45, 2.75) is 46.6 Å². The van der Waals surface area contributed by atoms with Crippen LogP contribution in [0.15, 0.2) is 4.79 Å². The van der Waals surface area contributed by atoms with Crippen molar-refractivity contribution in [2.24, 2.45) is 16.7 Å². The summed E-state index contributed by atoms with van der Waals surface area (Å²) in [5, 5.41) is 9.59. The van der Waals surface area contributed by atoms with Crippen molar-refractivity contribution >= 4 is 11.3 Å². The van der Waals surface area contributed by atoms with Gasteiger partial charge in [-0.2, -0.15) is 0 Å². The van der Waals surface area contributed by atoms with Crippen molar-refractivity contribution in [2.75, 3.05) is 19.8 Å². The lowest BCUT2D eigenvalue weighted by Crippen LogP contribution is -2.50. The summed E-state index contributed by atoms with van der Waals surface area (Å²) in [6.07, 6.45) is 3.15. The zero-order chi connectivity index (χ0) is 15.3. The lowest BCUT2D eigenvalue weighted by molar-refractivity contribution is -0.145. The minimum atomic E-state index is -0.237. The first-order valence-electron chi connectivity index (χ1n) is 7.75. The van der Waals surface area contributed by atoms with Crippen LogP contribution in [-0.4, -0.2) is 29.5 Å². The molecular formula is C16H25NO3S. The zero-order valence-corrected chi connectivity index (χ0v) is 14.0. The van der Waals surface area contributed by atoms with Crippen LogP contribution >= 0.6 is 11.3 Å². The van der Waals surface area contributed by atoms with Gasteiger partial charge >= 0.3 is 4.87 Å². The summed E-state index contributed by atoms with van der Waals surface area (Å²) in [4.78, 5) is 13.8. The average molecular weight is 311 g/mol. The number of aliphatic hydroxyl groups excluding tert-OH is 1. The summed E-state index contributed by atoms with van der Waals surface area (Å²) >= 11 is 1.41. The summed E-state index contributed by atoms with van der Waals surface area (Å²) < 4.78 is 7.17. The van der Waals surface area contributed by atoms with E-state index in [1.54, 1.807) is 0 Å². The molecule has 1 aromatic rings. The molecule has 1 saturated heterocycles. The molecule has 1 unspecified atom stereocenters. The third-order valence-corrected chi connectivity index (χ3v) is 6.15. The van der Waals surface area contributed by atoms with E-state index in [9.17, 15) is 9.90 Å². The molecule has 1 atom stereocenters. The van der Waals surface area contributed by atoms with Crippen molar-refractivity contribution in [3.05, 3.63) is 20.2 Å². The van der Waals surface area contributed by atoms with Gasteiger partial charge < -0.3 is 14.4 Å². The van der Waals surface area contributed by atoms with E-state index in [1.165, 1.54) is 21.9 Å². The number of ether oxygens (including phenoxy) is 1. The fraction of sp³-hybridized carbons (Fsp3) is 0.812. The molecule has 0 radical (unpaired) electrons. The van der Waals surface area contributed by atoms with E-state index in [2.05, 4.69) is 20.8 Å². The Hall–Kier alpha value is -0.650. The maximum absolute atomic E-state index is 12.4. The molecule has 118 valence electrons. The first-order chi connectivity index (χ1) is 9.85. The first-order valence-corrected chi connectivity index (χ1v) is 8.56. The highest BCUT2D eigenvalue weighted by atomic mass is 32.1. The number of rotatable bonds is 3. The molecule has 1 aliphatic heterocycles. The second kappa shape index (κ2) is 5.21. The van der Waals surface area contributed by atoms with E-state index in [1.807, 2.05) is 4.57 Å². The number of hydrogen-bond donors (Lipinski definition) is 1. The first kappa shape index (κ1) is 15.3. The number of hydrogen-bond acceptors (Lipinski definition) is 4. The molecule has 0 aromatic carbocycles. The van der Waals surface area contributed by atoms with Crippen LogP contribution in [0.3, 0.4) is 0 Å². The Morgan fingerprint density at radius 3 is 2.67 bits per heavy atom. The third-order valence-electron chi connectivity index (χ3n) is 5.11. The quantitative estimate of drug-likeness (QED) is 0.930. The van der Waals surface area contributed by atoms with Gasteiger partial charge in [-0.15, -0.1) is 0 Å². The topological polar surface area (TPSA) is 51.5 Å². The van der Waals surface area contributed by atoms with E-state index in [4.69, 9.17) is 4.74 Å². The van der Waals surface area contributed by atoms with E-state index < -0.39 is 0 Å². The number of nitrogens with zero attached hydrogens (tertiary/aromatic N) is 1. The van der Waals surface area contributed by atoms with Gasteiger partial charge in [-0.1, -0.05) is 32.1 Å². The molecule has 0 bridgehead atoms. The molecule has 5 heteroatoms. The largest absolute Gasteiger partial charge is 0.396 e. The van der Waals surface area contributed by atoms with Gasteiger partial charge in [0.05, 0.1) is 25.2 Å². The molecule has 0 amide bonds. The van der Waals surface area contributed by atoms with Crippen LogP contribution in [0.5, 0.6) is 0 Å². The Morgan fingerprint density at radius 2 is 2.14 bits per heavy atom. The van der Waals surface area contributed by atoms with Crippen LogP contribution in [0.4, 0.5) is 0 Å². The summed E-state index contributed by atoms with van der Waals surface area (Å²) in [6, 6.07) is 0. The van der Waals surface area contributed by atoms with Gasteiger partial charge in [0, 0.05) is 17.1 Å². The Labute approximate surface area is 129 Å². The Kier molecular flexibility index (Phi) is 3.79. The summed E-state index contributed by atoms with van der Waals surface area (Å²) in [5.74, 6) is 0.648. The molecule has 1 N–H and O–H groups in total. The van der Waals surface area contributed by atoms with Crippen molar-refractivity contribution in [3.63, 3.8) is 0 Å². The summed E-state index contributed by atoms with van der Waals surface area (Å²) in [7, 11) is 0. The van der Waals surface area contributed by atoms with Crippen molar-refractivity contribution in [1.29, 1.82) is 0 Å². The van der Waals surface area contributed by atoms with Crippen LogP contribution < -0.4 is 4.87 Å². The molecule has 1 aromatic heterocycles. The monoisotopic (exact) mass is 311 g/mol. The van der Waals surface area contributed by atoms with Crippen LogP contribution in [0.2, 0.25) is 0 Å². The number of fused-ring (bicyclic) bond motifs is 1. The third kappa shape index (κ3) is 2.71. The van der Waals surface area contributed by atoms with Gasteiger partial charge in [-0.05, 0) is 30.6 Å². The van der Waals surface area contributed by atoms with Crippen LogP contribution in [0.1, 0.15) is 37.8 Å². The highest BCUT2D eigenvalue weighted by Gasteiger charge is 2.40. The van der Waals surface area contributed by atoms with E-state index >= 15 is 0 Å². The molecule has 1 fully saturated rings. The van der Waals surface area contributed by atoms with Gasteiger partial charge in [0.25, 0.3) is 0 Å². The molecule has 0 saturated carbocycles. The molecular weight excluding hydrogens is 286 g/mol. The smallest absolute Gasteiger partial charge is 0.307 e. The molecule has 4 nitrogen and oxygen atoms in total. The second-order valence-electron chi connectivity index (χ2n) is 7.78. The Bertz CT molecular complexity index is 572.